The van der Waals surface area contributed by atoms with Crippen molar-refractivity contribution in [3.63, 3.8) is 0 Å². The first-order valence-corrected chi connectivity index (χ1v) is 6.21. The van der Waals surface area contributed by atoms with Gasteiger partial charge in [-0.2, -0.15) is 0 Å². The van der Waals surface area contributed by atoms with Gasteiger partial charge < -0.3 is 5.73 Å². The van der Waals surface area contributed by atoms with Gasteiger partial charge in [0.2, 0.25) is 10.9 Å². The van der Waals surface area contributed by atoms with Crippen molar-refractivity contribution in [1.29, 1.82) is 0 Å². The molecule has 3 aromatic carbocycles. The van der Waals surface area contributed by atoms with E-state index in [9.17, 15) is 9.59 Å². The second kappa shape index (κ2) is 4.42. The zero-order valence-electron chi connectivity index (χ0n) is 10.9. The van der Waals surface area contributed by atoms with E-state index in [0.717, 1.165) is 5.56 Å². The third-order valence-electron chi connectivity index (χ3n) is 3.34. The Kier molecular flexibility index (Phi) is 2.71. The summed E-state index contributed by atoms with van der Waals surface area (Å²) in [6.07, 6.45) is 0. The summed E-state index contributed by atoms with van der Waals surface area (Å²) in [7, 11) is 0. The number of fused-ring (bicyclic) bond motifs is 1. The molecule has 0 fully saturated rings. The molecule has 0 atom stereocenters. The number of nitrogen functional groups attached to an aromatic ring is 1. The van der Waals surface area contributed by atoms with Crippen LogP contribution in [0, 0.1) is 6.92 Å². The SMILES string of the molecule is Cc1cc(N=c2c(=O)c3ccccc3c2=O)ccc1N. The molecule has 3 rings (SSSR count). The number of hydrogen-bond acceptors (Lipinski definition) is 4. The Morgan fingerprint density at radius 3 is 2.10 bits per heavy atom. The Morgan fingerprint density at radius 1 is 0.950 bits per heavy atom. The Labute approximate surface area is 114 Å². The van der Waals surface area contributed by atoms with E-state index >= 15 is 0 Å². The minimum absolute atomic E-state index is 0.0321. The van der Waals surface area contributed by atoms with Crippen LogP contribution >= 0.6 is 0 Å². The van der Waals surface area contributed by atoms with Gasteiger partial charge in [-0.25, -0.2) is 4.99 Å². The normalized spacial score (nSPS) is 10.8. The molecule has 0 radical (unpaired) electrons. The van der Waals surface area contributed by atoms with Gasteiger partial charge in [-0.3, -0.25) is 9.59 Å². The average Bonchev–Trinajstić information content (AvgIpc) is 2.69. The standard InChI is InChI=1S/C16H12N2O2/c1-9-8-10(6-7-13(9)17)18-14-15(19)11-4-2-3-5-12(11)16(14)20/h2-8H,17H2,1H3. The van der Waals surface area contributed by atoms with Gasteiger partial charge in [0, 0.05) is 16.5 Å². The molecular formula is C16H12N2O2. The molecule has 0 aliphatic heterocycles. The zero-order valence-corrected chi connectivity index (χ0v) is 10.9. The molecule has 0 amide bonds. The van der Waals surface area contributed by atoms with E-state index in [0.29, 0.717) is 22.1 Å². The number of aryl methyl sites for hydroxylation is 1. The maximum Gasteiger partial charge on any atom is 0.216 e. The minimum atomic E-state index is -0.319. The lowest BCUT2D eigenvalue weighted by molar-refractivity contribution is 1.30. The highest BCUT2D eigenvalue weighted by atomic mass is 16.1. The van der Waals surface area contributed by atoms with Crippen molar-refractivity contribution >= 4 is 22.1 Å². The van der Waals surface area contributed by atoms with E-state index in [1.807, 2.05) is 6.92 Å². The lowest BCUT2D eigenvalue weighted by atomic mass is 10.2. The van der Waals surface area contributed by atoms with Gasteiger partial charge in [0.1, 0.15) is 0 Å². The van der Waals surface area contributed by atoms with E-state index in [4.69, 9.17) is 5.73 Å². The Balaban J connectivity index is 2.34. The van der Waals surface area contributed by atoms with Crippen LogP contribution in [-0.2, 0) is 0 Å². The molecule has 0 aromatic heterocycles. The number of hydrogen-bond donors (Lipinski definition) is 1. The maximum absolute atomic E-state index is 12.2. The average molecular weight is 264 g/mol. The van der Waals surface area contributed by atoms with Crippen molar-refractivity contribution < 1.29 is 0 Å². The molecule has 0 bridgehead atoms. The molecule has 4 nitrogen and oxygen atoms in total. The summed E-state index contributed by atoms with van der Waals surface area (Å²) in [4.78, 5) is 28.6. The van der Waals surface area contributed by atoms with Crippen molar-refractivity contribution in [3.05, 3.63) is 73.8 Å². The van der Waals surface area contributed by atoms with Crippen LogP contribution < -0.4 is 21.9 Å². The van der Waals surface area contributed by atoms with Gasteiger partial charge in [0.15, 0.2) is 5.36 Å². The van der Waals surface area contributed by atoms with Crippen LogP contribution in [0.15, 0.2) is 57.0 Å². The molecule has 0 heterocycles. The molecule has 3 aromatic rings. The first-order chi connectivity index (χ1) is 9.58. The largest absolute Gasteiger partial charge is 0.399 e. The first-order valence-electron chi connectivity index (χ1n) is 6.21. The van der Waals surface area contributed by atoms with E-state index in [1.54, 1.807) is 42.5 Å². The van der Waals surface area contributed by atoms with Gasteiger partial charge in [-0.1, -0.05) is 24.3 Å². The van der Waals surface area contributed by atoms with Gasteiger partial charge in [-0.15, -0.1) is 0 Å². The minimum Gasteiger partial charge on any atom is -0.399 e. The number of benzene rings is 2. The highest BCUT2D eigenvalue weighted by Gasteiger charge is 2.09. The van der Waals surface area contributed by atoms with Crippen LogP contribution in [0.25, 0.3) is 10.8 Å². The maximum atomic E-state index is 12.2. The summed E-state index contributed by atoms with van der Waals surface area (Å²) < 4.78 is 0. The Bertz CT molecular complexity index is 914. The number of nitrogens with zero attached hydrogens (tertiary/aromatic N) is 1. The molecule has 0 spiro atoms. The van der Waals surface area contributed by atoms with Crippen molar-refractivity contribution in [2.24, 2.45) is 4.99 Å². The fourth-order valence-electron chi connectivity index (χ4n) is 2.20. The van der Waals surface area contributed by atoms with E-state index in [-0.39, 0.29) is 16.2 Å². The van der Waals surface area contributed by atoms with Gasteiger partial charge in [0.05, 0.1) is 5.69 Å². The molecular weight excluding hydrogens is 252 g/mol. The Morgan fingerprint density at radius 2 is 1.55 bits per heavy atom. The van der Waals surface area contributed by atoms with Gasteiger partial charge in [-0.05, 0) is 30.7 Å². The lowest BCUT2D eigenvalue weighted by Crippen LogP contribution is -2.31. The monoisotopic (exact) mass is 264 g/mol. The van der Waals surface area contributed by atoms with Crippen molar-refractivity contribution in [1.82, 2.24) is 0 Å². The number of rotatable bonds is 1. The number of nitrogens with two attached hydrogens (primary N) is 1. The first kappa shape index (κ1) is 12.3. The molecule has 0 aliphatic rings. The second-order valence-electron chi connectivity index (χ2n) is 4.71. The van der Waals surface area contributed by atoms with Crippen LogP contribution in [0.5, 0.6) is 0 Å². The van der Waals surface area contributed by atoms with Crippen LogP contribution in [0.4, 0.5) is 11.4 Å². The van der Waals surface area contributed by atoms with Crippen molar-refractivity contribution in [2.75, 3.05) is 5.73 Å². The van der Waals surface area contributed by atoms with Crippen molar-refractivity contribution in [2.45, 2.75) is 6.92 Å². The quantitative estimate of drug-likeness (QED) is 0.678. The molecule has 0 unspecified atom stereocenters. The fraction of sp³-hybridized carbons (Fsp3) is 0.0625. The van der Waals surface area contributed by atoms with Gasteiger partial charge >= 0.3 is 0 Å². The smallest absolute Gasteiger partial charge is 0.216 e. The molecule has 2 N–H and O–H groups in total. The molecule has 0 aliphatic carbocycles. The molecule has 0 saturated heterocycles. The van der Waals surface area contributed by atoms with Crippen molar-refractivity contribution in [3.8, 4) is 0 Å². The highest BCUT2D eigenvalue weighted by Crippen LogP contribution is 2.18. The summed E-state index contributed by atoms with van der Waals surface area (Å²) in [6.45, 7) is 1.85. The summed E-state index contributed by atoms with van der Waals surface area (Å²) in [5.41, 5.74) is 7.17. The second-order valence-corrected chi connectivity index (χ2v) is 4.71. The zero-order chi connectivity index (χ0) is 14.3. The molecule has 4 heteroatoms. The van der Waals surface area contributed by atoms with Crippen LogP contribution in [0.3, 0.4) is 0 Å². The van der Waals surface area contributed by atoms with E-state index in [1.165, 1.54) is 0 Å². The summed E-state index contributed by atoms with van der Waals surface area (Å²) in [5.74, 6) is 0. The predicted octanol–water partition coefficient (Wildman–Crippen LogP) is 1.56. The topological polar surface area (TPSA) is 72.5 Å². The molecule has 0 saturated carbocycles. The third kappa shape index (κ3) is 1.82. The third-order valence-corrected chi connectivity index (χ3v) is 3.34. The van der Waals surface area contributed by atoms with Crippen LogP contribution in [0.1, 0.15) is 5.56 Å². The van der Waals surface area contributed by atoms with Crippen LogP contribution in [-0.4, -0.2) is 0 Å². The molecule has 20 heavy (non-hydrogen) atoms. The predicted molar refractivity (Wildman–Crippen MR) is 79.7 cm³/mol. The number of anilines is 1. The van der Waals surface area contributed by atoms with Crippen LogP contribution in [0.2, 0.25) is 0 Å². The van der Waals surface area contributed by atoms with E-state index in [2.05, 4.69) is 4.99 Å². The summed E-state index contributed by atoms with van der Waals surface area (Å²) in [5, 5.41) is 0.808. The highest BCUT2D eigenvalue weighted by molar-refractivity contribution is 5.83. The summed E-state index contributed by atoms with van der Waals surface area (Å²) >= 11 is 0. The summed E-state index contributed by atoms with van der Waals surface area (Å²) in [6, 6.07) is 11.9. The van der Waals surface area contributed by atoms with E-state index < -0.39 is 0 Å². The lowest BCUT2D eigenvalue weighted by Gasteiger charge is -1.99. The fourth-order valence-corrected chi connectivity index (χ4v) is 2.20. The van der Waals surface area contributed by atoms with Gasteiger partial charge in [0.25, 0.3) is 0 Å². The molecule has 98 valence electrons. The Hall–Kier alpha value is -2.75.